The van der Waals surface area contributed by atoms with E-state index in [1.165, 1.54) is 4.90 Å². The van der Waals surface area contributed by atoms with E-state index >= 15 is 0 Å². The molecule has 1 aromatic rings. The lowest BCUT2D eigenvalue weighted by Crippen LogP contribution is -2.38. The van der Waals surface area contributed by atoms with Gasteiger partial charge in [-0.1, -0.05) is 30.4 Å². The molecule has 0 aromatic heterocycles. The maximum atomic E-state index is 12.7. The van der Waals surface area contributed by atoms with E-state index in [2.05, 4.69) is 0 Å². The Hall–Kier alpha value is -1.94. The first-order valence-electron chi connectivity index (χ1n) is 6.83. The van der Waals surface area contributed by atoms with E-state index in [1.54, 1.807) is 0 Å². The third-order valence-corrected chi connectivity index (χ3v) is 4.69. The van der Waals surface area contributed by atoms with Gasteiger partial charge < -0.3 is 4.74 Å². The lowest BCUT2D eigenvalue weighted by atomic mass is 9.78. The van der Waals surface area contributed by atoms with Crippen LogP contribution in [0.15, 0.2) is 36.4 Å². The molecule has 3 aliphatic rings. The minimum Gasteiger partial charge on any atom is -0.362 e. The first kappa shape index (κ1) is 11.9. The summed E-state index contributed by atoms with van der Waals surface area (Å²) in [6, 6.07) is 7.49. The summed E-state index contributed by atoms with van der Waals surface area (Å²) in [5, 5.41) is 0. The molecule has 3 heterocycles. The minimum absolute atomic E-state index is 0.132. The summed E-state index contributed by atoms with van der Waals surface area (Å²) < 4.78 is 5.80. The normalized spacial score (nSPS) is 37.9. The maximum absolute atomic E-state index is 12.7. The summed E-state index contributed by atoms with van der Waals surface area (Å²) in [6.07, 6.45) is 3.58. The highest BCUT2D eigenvalue weighted by Gasteiger charge is 2.66. The maximum Gasteiger partial charge on any atom is 0.241 e. The smallest absolute Gasteiger partial charge is 0.241 e. The van der Waals surface area contributed by atoms with Crippen molar-refractivity contribution in [2.75, 3.05) is 4.90 Å². The Morgan fingerprint density at radius 1 is 1.20 bits per heavy atom. The van der Waals surface area contributed by atoms with Crippen molar-refractivity contribution in [2.45, 2.75) is 25.6 Å². The number of hydrogen-bond donors (Lipinski definition) is 0. The summed E-state index contributed by atoms with van der Waals surface area (Å²) in [7, 11) is 0. The summed E-state index contributed by atoms with van der Waals surface area (Å²) in [6.45, 7) is 3.80. The zero-order valence-corrected chi connectivity index (χ0v) is 11.4. The van der Waals surface area contributed by atoms with Crippen molar-refractivity contribution in [3.05, 3.63) is 42.0 Å². The van der Waals surface area contributed by atoms with E-state index in [1.807, 2.05) is 50.3 Å². The molecule has 4 atom stereocenters. The Kier molecular flexibility index (Phi) is 2.12. The van der Waals surface area contributed by atoms with Crippen LogP contribution < -0.4 is 4.90 Å². The van der Waals surface area contributed by atoms with E-state index in [-0.39, 0.29) is 29.8 Å². The number of carbonyl (C=O) groups excluding carboxylic acids is 2. The van der Waals surface area contributed by atoms with Gasteiger partial charge in [0.2, 0.25) is 11.8 Å². The van der Waals surface area contributed by atoms with Gasteiger partial charge in [0.15, 0.2) is 0 Å². The molecular weight excluding hydrogens is 254 g/mol. The van der Waals surface area contributed by atoms with Crippen molar-refractivity contribution in [1.29, 1.82) is 0 Å². The molecule has 0 saturated carbocycles. The van der Waals surface area contributed by atoms with Crippen LogP contribution in [-0.4, -0.2) is 23.5 Å². The first-order chi connectivity index (χ1) is 9.53. The van der Waals surface area contributed by atoms with Gasteiger partial charge in [0, 0.05) is 0 Å². The molecule has 2 saturated heterocycles. The zero-order valence-electron chi connectivity index (χ0n) is 11.4. The van der Waals surface area contributed by atoms with E-state index < -0.39 is 5.60 Å². The molecule has 2 bridgehead atoms. The SMILES string of the molecule is Cc1ccccc1N1C(=O)C2C3C=CC(C)(O3)C2C1=O. The molecule has 1 aromatic carbocycles. The molecule has 0 aliphatic carbocycles. The number of nitrogens with zero attached hydrogens (tertiary/aromatic N) is 1. The van der Waals surface area contributed by atoms with Crippen LogP contribution in [0.2, 0.25) is 0 Å². The van der Waals surface area contributed by atoms with E-state index in [9.17, 15) is 9.59 Å². The number of hydrogen-bond acceptors (Lipinski definition) is 3. The van der Waals surface area contributed by atoms with Gasteiger partial charge in [0.05, 0.1) is 29.2 Å². The first-order valence-corrected chi connectivity index (χ1v) is 6.83. The topological polar surface area (TPSA) is 46.6 Å². The molecule has 4 unspecified atom stereocenters. The number of rotatable bonds is 1. The van der Waals surface area contributed by atoms with Crippen LogP contribution >= 0.6 is 0 Å². The minimum atomic E-state index is -0.625. The second kappa shape index (κ2) is 3.58. The van der Waals surface area contributed by atoms with Gasteiger partial charge in [-0.2, -0.15) is 0 Å². The Bertz CT molecular complexity index is 665. The molecule has 2 fully saturated rings. The number of aryl methyl sites for hydroxylation is 1. The molecular formula is C16H15NO3. The molecule has 3 aliphatic heterocycles. The highest BCUT2D eigenvalue weighted by molar-refractivity contribution is 6.23. The van der Waals surface area contributed by atoms with Gasteiger partial charge in [0.1, 0.15) is 0 Å². The molecule has 0 N–H and O–H groups in total. The number of fused-ring (bicyclic) bond motifs is 5. The fourth-order valence-corrected chi connectivity index (χ4v) is 3.70. The van der Waals surface area contributed by atoms with Gasteiger partial charge in [0.25, 0.3) is 0 Å². The lowest BCUT2D eigenvalue weighted by Gasteiger charge is -2.24. The zero-order chi connectivity index (χ0) is 14.1. The molecule has 102 valence electrons. The highest BCUT2D eigenvalue weighted by atomic mass is 16.5. The second-order valence-corrected chi connectivity index (χ2v) is 5.93. The predicted molar refractivity (Wildman–Crippen MR) is 73.1 cm³/mol. The van der Waals surface area contributed by atoms with Gasteiger partial charge in [-0.3, -0.25) is 9.59 Å². The van der Waals surface area contributed by atoms with E-state index in [0.717, 1.165) is 5.56 Å². The number of anilines is 1. The number of benzene rings is 1. The van der Waals surface area contributed by atoms with Gasteiger partial charge >= 0.3 is 0 Å². The van der Waals surface area contributed by atoms with Crippen molar-refractivity contribution in [2.24, 2.45) is 11.8 Å². The van der Waals surface area contributed by atoms with Crippen molar-refractivity contribution in [3.8, 4) is 0 Å². The lowest BCUT2D eigenvalue weighted by molar-refractivity contribution is -0.126. The van der Waals surface area contributed by atoms with Crippen LogP contribution in [0.3, 0.4) is 0 Å². The van der Waals surface area contributed by atoms with Crippen molar-refractivity contribution in [3.63, 3.8) is 0 Å². The molecule has 20 heavy (non-hydrogen) atoms. The van der Waals surface area contributed by atoms with E-state index in [0.29, 0.717) is 5.69 Å². The number of carbonyl (C=O) groups is 2. The van der Waals surface area contributed by atoms with Gasteiger partial charge in [-0.25, -0.2) is 4.90 Å². The molecule has 4 rings (SSSR count). The summed E-state index contributed by atoms with van der Waals surface area (Å²) in [5.74, 6) is -1.02. The monoisotopic (exact) mass is 269 g/mol. The quantitative estimate of drug-likeness (QED) is 0.577. The third kappa shape index (κ3) is 1.25. The van der Waals surface area contributed by atoms with Crippen LogP contribution in [0.1, 0.15) is 12.5 Å². The van der Waals surface area contributed by atoms with Crippen LogP contribution in [0.5, 0.6) is 0 Å². The standard InChI is InChI=1S/C16H15NO3/c1-9-5-3-4-6-10(9)17-14(18)12-11-7-8-16(2,20-11)13(12)15(17)19/h3-8,11-13H,1-2H3. The average molecular weight is 269 g/mol. The third-order valence-electron chi connectivity index (χ3n) is 4.69. The molecule has 0 radical (unpaired) electrons. The fourth-order valence-electron chi connectivity index (χ4n) is 3.70. The molecule has 2 amide bonds. The van der Waals surface area contributed by atoms with Gasteiger partial charge in [-0.15, -0.1) is 0 Å². The van der Waals surface area contributed by atoms with E-state index in [4.69, 9.17) is 4.74 Å². The number of para-hydroxylation sites is 1. The van der Waals surface area contributed by atoms with Crippen molar-refractivity contribution >= 4 is 17.5 Å². The fraction of sp³-hybridized carbons (Fsp3) is 0.375. The largest absolute Gasteiger partial charge is 0.362 e. The van der Waals surface area contributed by atoms with Crippen molar-refractivity contribution < 1.29 is 14.3 Å². The molecule has 4 heteroatoms. The number of ether oxygens (including phenoxy) is 1. The number of amides is 2. The molecule has 4 nitrogen and oxygen atoms in total. The van der Waals surface area contributed by atoms with Crippen molar-refractivity contribution in [1.82, 2.24) is 0 Å². The Balaban J connectivity index is 1.82. The Labute approximate surface area is 117 Å². The Morgan fingerprint density at radius 3 is 2.65 bits per heavy atom. The second-order valence-electron chi connectivity index (χ2n) is 5.93. The van der Waals surface area contributed by atoms with Crippen LogP contribution in [0, 0.1) is 18.8 Å². The molecule has 0 spiro atoms. The van der Waals surface area contributed by atoms with Crippen LogP contribution in [0.4, 0.5) is 5.69 Å². The highest BCUT2D eigenvalue weighted by Crippen LogP contribution is 2.52. The van der Waals surface area contributed by atoms with Crippen LogP contribution in [-0.2, 0) is 14.3 Å². The predicted octanol–water partition coefficient (Wildman–Crippen LogP) is 1.83. The summed E-state index contributed by atoms with van der Waals surface area (Å²) in [4.78, 5) is 26.8. The summed E-state index contributed by atoms with van der Waals surface area (Å²) >= 11 is 0. The summed E-state index contributed by atoms with van der Waals surface area (Å²) in [5.41, 5.74) is 1.000. The average Bonchev–Trinajstić information content (AvgIpc) is 3.01. The van der Waals surface area contributed by atoms with Crippen LogP contribution in [0.25, 0.3) is 0 Å². The Morgan fingerprint density at radius 2 is 1.95 bits per heavy atom. The van der Waals surface area contributed by atoms with Gasteiger partial charge in [-0.05, 0) is 25.5 Å². The number of imide groups is 1.